The van der Waals surface area contributed by atoms with E-state index in [4.69, 9.17) is 4.42 Å². The van der Waals surface area contributed by atoms with Gasteiger partial charge in [-0.25, -0.2) is 0 Å². The molecule has 3 fully saturated rings. The van der Waals surface area contributed by atoms with E-state index in [1.807, 2.05) is 19.1 Å². The van der Waals surface area contributed by atoms with Crippen LogP contribution in [0.3, 0.4) is 0 Å². The lowest BCUT2D eigenvalue weighted by Crippen LogP contribution is -2.45. The molecule has 0 aliphatic heterocycles. The number of nitrogens with one attached hydrogen (secondary N) is 1. The lowest BCUT2D eigenvalue weighted by Gasteiger charge is -2.53. The van der Waals surface area contributed by atoms with E-state index >= 15 is 0 Å². The molecule has 0 spiro atoms. The first-order valence-corrected chi connectivity index (χ1v) is 8.63. The minimum atomic E-state index is -0.0901. The highest BCUT2D eigenvalue weighted by Crippen LogP contribution is 2.58. The second-order valence-corrected chi connectivity index (χ2v) is 7.66. The Hall–Kier alpha value is -2.03. The van der Waals surface area contributed by atoms with Crippen LogP contribution in [-0.4, -0.2) is 5.91 Å². The van der Waals surface area contributed by atoms with Crippen molar-refractivity contribution in [2.75, 3.05) is 0 Å². The Morgan fingerprint density at radius 3 is 2.65 bits per heavy atom. The van der Waals surface area contributed by atoms with Crippen LogP contribution in [0.1, 0.15) is 47.4 Å². The molecule has 1 heterocycles. The summed E-state index contributed by atoms with van der Waals surface area (Å²) in [6, 6.07) is 6.00. The average Bonchev–Trinajstić information content (AvgIpc) is 2.91. The van der Waals surface area contributed by atoms with E-state index in [0.29, 0.717) is 5.76 Å². The van der Waals surface area contributed by atoms with Gasteiger partial charge < -0.3 is 9.73 Å². The summed E-state index contributed by atoms with van der Waals surface area (Å²) in [5, 5.41) is 4.20. The van der Waals surface area contributed by atoms with Crippen LogP contribution in [0.2, 0.25) is 0 Å². The Labute approximate surface area is 135 Å². The number of furan rings is 1. The molecule has 3 heteroatoms. The van der Waals surface area contributed by atoms with Gasteiger partial charge in [-0.2, -0.15) is 0 Å². The zero-order valence-electron chi connectivity index (χ0n) is 13.6. The van der Waals surface area contributed by atoms with Crippen molar-refractivity contribution in [2.45, 2.75) is 39.5 Å². The second kappa shape index (κ2) is 4.50. The summed E-state index contributed by atoms with van der Waals surface area (Å²) in [4.78, 5) is 12.6. The van der Waals surface area contributed by atoms with E-state index in [-0.39, 0.29) is 5.91 Å². The third-order valence-electron chi connectivity index (χ3n) is 6.00. The maximum atomic E-state index is 12.6. The Bertz CT molecular complexity index is 859. The minimum Gasteiger partial charge on any atom is -0.451 e. The fourth-order valence-electron chi connectivity index (χ4n) is 5.11. The van der Waals surface area contributed by atoms with Gasteiger partial charge in [0, 0.05) is 11.1 Å². The van der Waals surface area contributed by atoms with Crippen molar-refractivity contribution in [3.8, 4) is 0 Å². The maximum Gasteiger partial charge on any atom is 0.291 e. The van der Waals surface area contributed by atoms with Gasteiger partial charge in [-0.05, 0) is 86.1 Å². The van der Waals surface area contributed by atoms with Crippen LogP contribution in [0, 0.1) is 31.6 Å². The molecule has 1 aromatic carbocycles. The summed E-state index contributed by atoms with van der Waals surface area (Å²) in [5.74, 6) is 2.63. The van der Waals surface area contributed by atoms with E-state index in [1.54, 1.807) is 5.57 Å². The van der Waals surface area contributed by atoms with Gasteiger partial charge in [-0.15, -0.1) is 0 Å². The molecule has 1 N–H and O–H groups in total. The van der Waals surface area contributed by atoms with Crippen LogP contribution in [0.4, 0.5) is 0 Å². The van der Waals surface area contributed by atoms with Gasteiger partial charge in [0.15, 0.2) is 5.76 Å². The first-order chi connectivity index (χ1) is 11.1. The number of aryl methyl sites for hydroxylation is 2. The number of fused-ring (bicyclic) bond motifs is 2. The summed E-state index contributed by atoms with van der Waals surface area (Å²) < 4.78 is 5.82. The predicted octanol–water partition coefficient (Wildman–Crippen LogP) is 4.48. The zero-order chi connectivity index (χ0) is 15.7. The molecule has 0 saturated heterocycles. The molecule has 4 bridgehead atoms. The average molecular weight is 307 g/mol. The van der Waals surface area contributed by atoms with Crippen molar-refractivity contribution in [3.05, 3.63) is 46.4 Å². The quantitative estimate of drug-likeness (QED) is 0.888. The van der Waals surface area contributed by atoms with Gasteiger partial charge in [0.25, 0.3) is 5.91 Å². The number of hydrogen-bond acceptors (Lipinski definition) is 2. The first kappa shape index (κ1) is 13.4. The predicted molar refractivity (Wildman–Crippen MR) is 89.1 cm³/mol. The zero-order valence-corrected chi connectivity index (χ0v) is 13.6. The largest absolute Gasteiger partial charge is 0.451 e. The SMILES string of the molecule is Cc1cc(C)c2cc(C(=O)NC3=C4C5CC(C3)CC4C5)oc2c1. The standard InChI is InChI=1S/C20H21NO2/c1-10-3-11(2)15-9-18(23-17(15)4-10)20(22)21-16-7-12-5-13-8-14(6-12)19(13)16/h3-4,9,12-14H,5-8H2,1-2H3,(H,21,22). The van der Waals surface area contributed by atoms with Gasteiger partial charge in [-0.1, -0.05) is 6.07 Å². The molecule has 5 aliphatic carbocycles. The molecule has 2 aromatic rings. The summed E-state index contributed by atoms with van der Waals surface area (Å²) in [6.45, 7) is 4.11. The molecule has 1 amide bonds. The molecule has 2 atom stereocenters. The Kier molecular flexibility index (Phi) is 2.62. The van der Waals surface area contributed by atoms with E-state index in [0.717, 1.165) is 46.3 Å². The highest BCUT2D eigenvalue weighted by atomic mass is 16.3. The Morgan fingerprint density at radius 1 is 1.13 bits per heavy atom. The monoisotopic (exact) mass is 307 g/mol. The molecule has 118 valence electrons. The summed E-state index contributed by atoms with van der Waals surface area (Å²) in [7, 11) is 0. The Morgan fingerprint density at radius 2 is 1.91 bits per heavy atom. The molecular formula is C20H21NO2. The molecule has 7 rings (SSSR count). The van der Waals surface area contributed by atoms with Crippen molar-refractivity contribution < 1.29 is 9.21 Å². The van der Waals surface area contributed by atoms with E-state index in [9.17, 15) is 4.79 Å². The number of carbonyl (C=O) groups is 1. The maximum absolute atomic E-state index is 12.6. The topological polar surface area (TPSA) is 42.2 Å². The van der Waals surface area contributed by atoms with Gasteiger partial charge >= 0.3 is 0 Å². The van der Waals surface area contributed by atoms with Gasteiger partial charge in [0.05, 0.1) is 0 Å². The highest BCUT2D eigenvalue weighted by molar-refractivity contribution is 5.97. The van der Waals surface area contributed by atoms with Crippen LogP contribution in [0.15, 0.2) is 33.9 Å². The van der Waals surface area contributed by atoms with Crippen molar-refractivity contribution in [3.63, 3.8) is 0 Å². The number of amides is 1. The molecule has 3 saturated carbocycles. The van der Waals surface area contributed by atoms with Crippen LogP contribution < -0.4 is 5.32 Å². The van der Waals surface area contributed by atoms with Crippen LogP contribution >= 0.6 is 0 Å². The molecule has 3 nitrogen and oxygen atoms in total. The van der Waals surface area contributed by atoms with Crippen molar-refractivity contribution in [1.82, 2.24) is 5.32 Å². The van der Waals surface area contributed by atoms with Gasteiger partial charge in [0.1, 0.15) is 5.58 Å². The number of benzene rings is 1. The van der Waals surface area contributed by atoms with E-state index < -0.39 is 0 Å². The summed E-state index contributed by atoms with van der Waals surface area (Å²) >= 11 is 0. The normalized spacial score (nSPS) is 28.2. The molecule has 0 radical (unpaired) electrons. The van der Waals surface area contributed by atoms with Gasteiger partial charge in [-0.3, -0.25) is 4.79 Å². The summed E-state index contributed by atoms with van der Waals surface area (Å²) in [6.07, 6.45) is 5.07. The molecule has 1 aromatic heterocycles. The Balaban J connectivity index is 1.46. The number of allylic oxidation sites excluding steroid dienone is 2. The lowest BCUT2D eigenvalue weighted by molar-refractivity contribution is 0.0897. The molecule has 2 unspecified atom stereocenters. The third kappa shape index (κ3) is 1.92. The van der Waals surface area contributed by atoms with Crippen molar-refractivity contribution in [2.24, 2.45) is 17.8 Å². The van der Waals surface area contributed by atoms with Crippen LogP contribution in [0.5, 0.6) is 0 Å². The van der Waals surface area contributed by atoms with Gasteiger partial charge in [0.2, 0.25) is 0 Å². The first-order valence-electron chi connectivity index (χ1n) is 8.63. The van der Waals surface area contributed by atoms with E-state index in [1.165, 1.54) is 25.0 Å². The summed E-state index contributed by atoms with van der Waals surface area (Å²) in [5.41, 5.74) is 5.86. The fourth-order valence-corrected chi connectivity index (χ4v) is 5.11. The minimum absolute atomic E-state index is 0.0901. The third-order valence-corrected chi connectivity index (χ3v) is 6.00. The highest BCUT2D eigenvalue weighted by Gasteiger charge is 2.48. The number of hydrogen-bond donors (Lipinski definition) is 1. The number of rotatable bonds is 2. The molecule has 23 heavy (non-hydrogen) atoms. The van der Waals surface area contributed by atoms with Crippen molar-refractivity contribution >= 4 is 16.9 Å². The van der Waals surface area contributed by atoms with Crippen molar-refractivity contribution in [1.29, 1.82) is 0 Å². The van der Waals surface area contributed by atoms with E-state index in [2.05, 4.69) is 18.3 Å². The fraction of sp³-hybridized carbons (Fsp3) is 0.450. The smallest absolute Gasteiger partial charge is 0.291 e. The van der Waals surface area contributed by atoms with Crippen LogP contribution in [-0.2, 0) is 0 Å². The van der Waals surface area contributed by atoms with Crippen LogP contribution in [0.25, 0.3) is 11.0 Å². The lowest BCUT2D eigenvalue weighted by atomic mass is 9.53. The second-order valence-electron chi connectivity index (χ2n) is 7.66. The molecular weight excluding hydrogens is 286 g/mol. The molecule has 5 aliphatic rings. The number of carbonyl (C=O) groups excluding carboxylic acids is 1.